The predicted molar refractivity (Wildman–Crippen MR) is 72.3 cm³/mol. The fourth-order valence-electron chi connectivity index (χ4n) is 2.17. The fraction of sp³-hybridized carbons (Fsp3) is 0.769. The number of rotatable bonds is 6. The molecule has 2 unspecified atom stereocenters. The first-order valence-electron chi connectivity index (χ1n) is 6.47. The van der Waals surface area contributed by atoms with Gasteiger partial charge in [-0.3, -0.25) is 0 Å². The molecule has 1 fully saturated rings. The molecule has 0 aromatic rings. The minimum absolute atomic E-state index is 0.183. The molecule has 0 amide bonds. The maximum Gasteiger partial charge on any atom is 0.205 e. The average molecular weight is 239 g/mol. The highest BCUT2D eigenvalue weighted by Gasteiger charge is 2.30. The summed E-state index contributed by atoms with van der Waals surface area (Å²) < 4.78 is 5.65. The Morgan fingerprint density at radius 1 is 1.65 bits per heavy atom. The van der Waals surface area contributed by atoms with E-state index in [1.54, 1.807) is 6.20 Å². The van der Waals surface area contributed by atoms with Crippen LogP contribution in [0.3, 0.4) is 0 Å². The van der Waals surface area contributed by atoms with Crippen molar-refractivity contribution in [3.8, 4) is 0 Å². The van der Waals surface area contributed by atoms with Crippen molar-refractivity contribution in [1.29, 1.82) is 0 Å². The first-order chi connectivity index (χ1) is 8.19. The van der Waals surface area contributed by atoms with Gasteiger partial charge in [0.1, 0.15) is 0 Å². The molecule has 0 radical (unpaired) electrons. The summed E-state index contributed by atoms with van der Waals surface area (Å²) in [4.78, 5) is 4.28. The molecule has 0 aliphatic carbocycles. The Bertz CT molecular complexity index is 257. The smallest absolute Gasteiger partial charge is 0.205 e. The number of hydrogen-bond acceptors (Lipinski definition) is 4. The van der Waals surface area contributed by atoms with Crippen LogP contribution in [-0.4, -0.2) is 37.7 Å². The summed E-state index contributed by atoms with van der Waals surface area (Å²) >= 11 is 0. The number of nitrogens with zero attached hydrogens (tertiary/aromatic N) is 1. The third kappa shape index (κ3) is 4.48. The molecule has 1 aliphatic heterocycles. The summed E-state index contributed by atoms with van der Waals surface area (Å²) in [6.45, 7) is 12.7. The van der Waals surface area contributed by atoms with Gasteiger partial charge in [0.05, 0.1) is 12.6 Å². The van der Waals surface area contributed by atoms with Crippen molar-refractivity contribution in [2.45, 2.75) is 39.3 Å². The second-order valence-electron chi connectivity index (χ2n) is 4.63. The van der Waals surface area contributed by atoms with E-state index < -0.39 is 0 Å². The van der Waals surface area contributed by atoms with E-state index in [9.17, 15) is 0 Å². The minimum Gasteiger partial charge on any atom is -0.480 e. The van der Waals surface area contributed by atoms with Gasteiger partial charge in [-0.25, -0.2) is 4.99 Å². The zero-order chi connectivity index (χ0) is 12.7. The molecule has 4 heteroatoms. The molecule has 0 spiro atoms. The molecular weight excluding hydrogens is 214 g/mol. The number of ether oxygens (including phenoxy) is 1. The van der Waals surface area contributed by atoms with Gasteiger partial charge in [0, 0.05) is 12.2 Å². The van der Waals surface area contributed by atoms with Crippen molar-refractivity contribution in [3.63, 3.8) is 0 Å². The summed E-state index contributed by atoms with van der Waals surface area (Å²) in [6, 6.07) is 0.596. The highest BCUT2D eigenvalue weighted by Crippen LogP contribution is 2.16. The second kappa shape index (κ2) is 7.45. The van der Waals surface area contributed by atoms with Gasteiger partial charge in [0.15, 0.2) is 0 Å². The Kier molecular flexibility index (Phi) is 6.22. The Hall–Kier alpha value is -0.870. The van der Waals surface area contributed by atoms with Crippen molar-refractivity contribution in [1.82, 2.24) is 10.6 Å². The Balaban J connectivity index is 2.77. The van der Waals surface area contributed by atoms with E-state index in [1.807, 2.05) is 6.92 Å². The van der Waals surface area contributed by atoms with Gasteiger partial charge in [0.2, 0.25) is 5.90 Å². The Morgan fingerprint density at radius 2 is 2.41 bits per heavy atom. The normalized spacial score (nSPS) is 22.8. The van der Waals surface area contributed by atoms with Crippen LogP contribution in [0.1, 0.15) is 27.2 Å². The summed E-state index contributed by atoms with van der Waals surface area (Å²) in [5.74, 6) is 1.31. The van der Waals surface area contributed by atoms with Crippen LogP contribution < -0.4 is 10.6 Å². The number of aliphatic imine (C=N–C) groups is 1. The van der Waals surface area contributed by atoms with Crippen LogP contribution in [0, 0.1) is 5.92 Å². The molecule has 0 saturated carbocycles. The lowest BCUT2D eigenvalue weighted by Crippen LogP contribution is -2.47. The molecule has 2 atom stereocenters. The third-order valence-corrected chi connectivity index (χ3v) is 2.86. The summed E-state index contributed by atoms with van der Waals surface area (Å²) in [5.41, 5.74) is 0. The van der Waals surface area contributed by atoms with E-state index in [2.05, 4.69) is 36.1 Å². The zero-order valence-corrected chi connectivity index (χ0v) is 11.2. The number of nitrogens with one attached hydrogen (secondary N) is 2. The molecule has 1 saturated heterocycles. The Morgan fingerprint density at radius 3 is 2.88 bits per heavy atom. The molecule has 1 heterocycles. The molecule has 0 aromatic carbocycles. The van der Waals surface area contributed by atoms with Crippen LogP contribution >= 0.6 is 0 Å². The zero-order valence-electron chi connectivity index (χ0n) is 11.2. The fourth-order valence-corrected chi connectivity index (χ4v) is 2.17. The van der Waals surface area contributed by atoms with E-state index in [0.717, 1.165) is 25.4 Å². The first-order valence-corrected chi connectivity index (χ1v) is 6.47. The summed E-state index contributed by atoms with van der Waals surface area (Å²) in [7, 11) is 0. The Labute approximate surface area is 105 Å². The first kappa shape index (κ1) is 14.2. The molecule has 0 bridgehead atoms. The van der Waals surface area contributed by atoms with Gasteiger partial charge in [0.25, 0.3) is 0 Å². The lowest BCUT2D eigenvalue weighted by atomic mass is 9.98. The van der Waals surface area contributed by atoms with Crippen LogP contribution in [0.5, 0.6) is 0 Å². The molecule has 17 heavy (non-hydrogen) atoms. The molecule has 1 rings (SSSR count). The van der Waals surface area contributed by atoms with Gasteiger partial charge in [-0.15, -0.1) is 0 Å². The van der Waals surface area contributed by atoms with E-state index in [-0.39, 0.29) is 6.04 Å². The van der Waals surface area contributed by atoms with Crippen molar-refractivity contribution in [2.24, 2.45) is 10.9 Å². The molecular formula is C13H25N3O. The van der Waals surface area contributed by atoms with Crippen molar-refractivity contribution in [3.05, 3.63) is 12.8 Å². The summed E-state index contributed by atoms with van der Waals surface area (Å²) in [6.07, 6.45) is 2.72. The molecule has 98 valence electrons. The summed E-state index contributed by atoms with van der Waals surface area (Å²) in [5, 5.41) is 6.94. The predicted octanol–water partition coefficient (Wildman–Crippen LogP) is 1.54. The lowest BCUT2D eigenvalue weighted by Gasteiger charge is -2.27. The van der Waals surface area contributed by atoms with E-state index in [4.69, 9.17) is 4.74 Å². The van der Waals surface area contributed by atoms with Crippen molar-refractivity contribution < 1.29 is 4.74 Å². The number of hydrogen-bond donors (Lipinski definition) is 2. The van der Waals surface area contributed by atoms with E-state index in [1.165, 1.54) is 0 Å². The SMILES string of the molecule is C=CN=C(OCC)C(NC(C)C)C1CCNC1. The molecule has 2 N–H and O–H groups in total. The quantitative estimate of drug-likeness (QED) is 0.546. The average Bonchev–Trinajstić information content (AvgIpc) is 2.78. The monoisotopic (exact) mass is 239 g/mol. The minimum atomic E-state index is 0.183. The van der Waals surface area contributed by atoms with Crippen LogP contribution in [-0.2, 0) is 4.74 Å². The van der Waals surface area contributed by atoms with Gasteiger partial charge < -0.3 is 15.4 Å². The highest BCUT2D eigenvalue weighted by atomic mass is 16.5. The van der Waals surface area contributed by atoms with Crippen molar-refractivity contribution >= 4 is 5.90 Å². The highest BCUT2D eigenvalue weighted by molar-refractivity contribution is 5.82. The largest absolute Gasteiger partial charge is 0.480 e. The maximum atomic E-state index is 5.65. The topological polar surface area (TPSA) is 45.6 Å². The molecule has 0 aromatic heterocycles. The van der Waals surface area contributed by atoms with Crippen molar-refractivity contribution in [2.75, 3.05) is 19.7 Å². The van der Waals surface area contributed by atoms with Crippen LogP contribution in [0.25, 0.3) is 0 Å². The molecule has 1 aliphatic rings. The van der Waals surface area contributed by atoms with Crippen LogP contribution in [0.15, 0.2) is 17.8 Å². The molecule has 4 nitrogen and oxygen atoms in total. The van der Waals surface area contributed by atoms with E-state index >= 15 is 0 Å². The van der Waals surface area contributed by atoms with Gasteiger partial charge in [-0.05, 0) is 32.4 Å². The standard InChI is InChI=1S/C13H25N3O/c1-5-15-13(17-6-2)12(16-10(3)4)11-7-8-14-9-11/h5,10-12,14,16H,1,6-9H2,2-4H3. The van der Waals surface area contributed by atoms with Gasteiger partial charge >= 0.3 is 0 Å². The second-order valence-corrected chi connectivity index (χ2v) is 4.63. The third-order valence-electron chi connectivity index (χ3n) is 2.86. The van der Waals surface area contributed by atoms with Gasteiger partial charge in [-0.1, -0.05) is 20.4 Å². The van der Waals surface area contributed by atoms with Gasteiger partial charge in [-0.2, -0.15) is 0 Å². The van der Waals surface area contributed by atoms with Crippen LogP contribution in [0.2, 0.25) is 0 Å². The lowest BCUT2D eigenvalue weighted by molar-refractivity contribution is 0.279. The maximum absolute atomic E-state index is 5.65. The van der Waals surface area contributed by atoms with Crippen LogP contribution in [0.4, 0.5) is 0 Å². The van der Waals surface area contributed by atoms with E-state index in [0.29, 0.717) is 18.6 Å².